The van der Waals surface area contributed by atoms with Crippen molar-refractivity contribution in [1.29, 1.82) is 0 Å². The molecular formula is C22H27F2N3O3. The number of nitrogens with one attached hydrogen (secondary N) is 2. The number of hydrogen-bond acceptors (Lipinski definition) is 3. The number of halogens is 2. The summed E-state index contributed by atoms with van der Waals surface area (Å²) in [5, 5.41) is 5.52. The van der Waals surface area contributed by atoms with Gasteiger partial charge in [0.05, 0.1) is 6.04 Å². The Hall–Kier alpha value is -3.16. The van der Waals surface area contributed by atoms with Crippen LogP contribution in [0.2, 0.25) is 0 Å². The van der Waals surface area contributed by atoms with Crippen molar-refractivity contribution in [1.82, 2.24) is 15.5 Å². The first-order chi connectivity index (χ1) is 14.4. The fraction of sp³-hybridized carbons (Fsp3) is 0.364. The molecule has 2 aromatic rings. The van der Waals surface area contributed by atoms with Crippen molar-refractivity contribution in [3.05, 3.63) is 65.7 Å². The number of rotatable bonds is 10. The molecule has 0 aliphatic carbocycles. The van der Waals surface area contributed by atoms with Crippen LogP contribution in [0.25, 0.3) is 0 Å². The van der Waals surface area contributed by atoms with Crippen molar-refractivity contribution in [3.8, 4) is 5.75 Å². The third kappa shape index (κ3) is 7.35. The molecule has 0 bridgehead atoms. The monoisotopic (exact) mass is 419 g/mol. The molecular weight excluding hydrogens is 392 g/mol. The lowest BCUT2D eigenvalue weighted by molar-refractivity contribution is -0.121. The molecule has 0 saturated heterocycles. The van der Waals surface area contributed by atoms with E-state index in [1.54, 1.807) is 25.2 Å². The van der Waals surface area contributed by atoms with Crippen molar-refractivity contribution in [2.75, 3.05) is 13.6 Å². The van der Waals surface area contributed by atoms with E-state index in [0.29, 0.717) is 18.5 Å². The molecule has 0 spiro atoms. The van der Waals surface area contributed by atoms with Crippen LogP contribution < -0.4 is 15.4 Å². The van der Waals surface area contributed by atoms with Crippen LogP contribution in [0.3, 0.4) is 0 Å². The first-order valence-corrected chi connectivity index (χ1v) is 9.76. The van der Waals surface area contributed by atoms with E-state index >= 15 is 0 Å². The zero-order valence-corrected chi connectivity index (χ0v) is 17.1. The van der Waals surface area contributed by atoms with Crippen LogP contribution in [0.5, 0.6) is 5.75 Å². The summed E-state index contributed by atoms with van der Waals surface area (Å²) in [4.78, 5) is 26.0. The first-order valence-electron chi connectivity index (χ1n) is 9.76. The predicted octanol–water partition coefficient (Wildman–Crippen LogP) is 4.09. The smallest absolute Gasteiger partial charge is 0.387 e. The molecule has 1 atom stereocenters. The summed E-state index contributed by atoms with van der Waals surface area (Å²) in [6.45, 7) is -0.486. The molecule has 30 heavy (non-hydrogen) atoms. The topological polar surface area (TPSA) is 70.7 Å². The van der Waals surface area contributed by atoms with Gasteiger partial charge in [-0.15, -0.1) is 0 Å². The van der Waals surface area contributed by atoms with Gasteiger partial charge >= 0.3 is 12.6 Å². The summed E-state index contributed by atoms with van der Waals surface area (Å²) in [5.41, 5.74) is 1.49. The highest BCUT2D eigenvalue weighted by molar-refractivity contribution is 5.78. The summed E-state index contributed by atoms with van der Waals surface area (Å²) in [7, 11) is 1.68. The van der Waals surface area contributed by atoms with E-state index in [4.69, 9.17) is 0 Å². The van der Waals surface area contributed by atoms with Gasteiger partial charge in [0, 0.05) is 32.1 Å². The SMILES string of the molecule is CCC(NC(=O)CCNC(=O)N(C)Cc1ccccc1)c1ccccc1OC(F)F. The van der Waals surface area contributed by atoms with Gasteiger partial charge in [0.15, 0.2) is 0 Å². The maximum Gasteiger partial charge on any atom is 0.387 e. The maximum absolute atomic E-state index is 12.6. The highest BCUT2D eigenvalue weighted by atomic mass is 19.3. The molecule has 2 aromatic carbocycles. The van der Waals surface area contributed by atoms with Crippen LogP contribution in [0.4, 0.5) is 13.6 Å². The summed E-state index contributed by atoms with van der Waals surface area (Å²) in [6, 6.07) is 15.2. The largest absolute Gasteiger partial charge is 0.434 e. The Morgan fingerprint density at radius 3 is 2.40 bits per heavy atom. The summed E-state index contributed by atoms with van der Waals surface area (Å²) in [6.07, 6.45) is 0.570. The molecule has 0 aromatic heterocycles. The second kappa shape index (κ2) is 11.7. The number of hydrogen-bond donors (Lipinski definition) is 2. The number of urea groups is 1. The fourth-order valence-electron chi connectivity index (χ4n) is 2.98. The molecule has 0 fully saturated rings. The Morgan fingerprint density at radius 2 is 1.73 bits per heavy atom. The lowest BCUT2D eigenvalue weighted by Gasteiger charge is -2.21. The maximum atomic E-state index is 12.6. The van der Waals surface area contributed by atoms with Crippen LogP contribution in [-0.2, 0) is 11.3 Å². The second-order valence-corrected chi connectivity index (χ2v) is 6.77. The minimum atomic E-state index is -2.94. The highest BCUT2D eigenvalue weighted by Gasteiger charge is 2.19. The van der Waals surface area contributed by atoms with Gasteiger partial charge in [-0.05, 0) is 18.1 Å². The zero-order chi connectivity index (χ0) is 21.9. The first kappa shape index (κ1) is 23.1. The lowest BCUT2D eigenvalue weighted by atomic mass is 10.0. The predicted molar refractivity (Wildman–Crippen MR) is 110 cm³/mol. The highest BCUT2D eigenvalue weighted by Crippen LogP contribution is 2.28. The van der Waals surface area contributed by atoms with Crippen molar-refractivity contribution in [2.24, 2.45) is 0 Å². The zero-order valence-electron chi connectivity index (χ0n) is 17.1. The number of amides is 3. The Bertz CT molecular complexity index is 818. The molecule has 0 aliphatic heterocycles. The summed E-state index contributed by atoms with van der Waals surface area (Å²) >= 11 is 0. The number of para-hydroxylation sites is 1. The van der Waals surface area contributed by atoms with Crippen LogP contribution in [0.15, 0.2) is 54.6 Å². The van der Waals surface area contributed by atoms with E-state index in [1.807, 2.05) is 37.3 Å². The molecule has 2 rings (SSSR count). The van der Waals surface area contributed by atoms with Crippen LogP contribution in [0.1, 0.15) is 36.9 Å². The number of benzene rings is 2. The van der Waals surface area contributed by atoms with Crippen molar-refractivity contribution in [2.45, 2.75) is 39.0 Å². The van der Waals surface area contributed by atoms with Gasteiger partial charge in [-0.1, -0.05) is 55.5 Å². The molecule has 2 N–H and O–H groups in total. The van der Waals surface area contributed by atoms with Crippen molar-refractivity contribution in [3.63, 3.8) is 0 Å². The number of nitrogens with zero attached hydrogens (tertiary/aromatic N) is 1. The standard InChI is InChI=1S/C22H27F2N3O3/c1-3-18(17-11-7-8-12-19(17)30-21(23)24)26-20(28)13-14-25-22(29)27(2)15-16-9-5-4-6-10-16/h4-12,18,21H,3,13-15H2,1-2H3,(H,25,29)(H,26,28). The van der Waals surface area contributed by atoms with E-state index in [2.05, 4.69) is 15.4 Å². The number of carbonyl (C=O) groups excluding carboxylic acids is 2. The average Bonchev–Trinajstić information content (AvgIpc) is 2.72. The molecule has 162 valence electrons. The Labute approximate surface area is 175 Å². The molecule has 1 unspecified atom stereocenters. The molecule has 6 nitrogen and oxygen atoms in total. The van der Waals surface area contributed by atoms with Gasteiger partial charge in [0.1, 0.15) is 5.75 Å². The minimum Gasteiger partial charge on any atom is -0.434 e. The summed E-state index contributed by atoms with van der Waals surface area (Å²) < 4.78 is 29.8. The Balaban J connectivity index is 1.82. The third-order valence-electron chi connectivity index (χ3n) is 4.49. The third-order valence-corrected chi connectivity index (χ3v) is 4.49. The van der Waals surface area contributed by atoms with Gasteiger partial charge in [0.2, 0.25) is 5.91 Å². The minimum absolute atomic E-state index is 0.0375. The van der Waals surface area contributed by atoms with Gasteiger partial charge in [-0.2, -0.15) is 8.78 Å². The molecule has 0 radical (unpaired) electrons. The van der Waals surface area contributed by atoms with Gasteiger partial charge < -0.3 is 20.3 Å². The Morgan fingerprint density at radius 1 is 1.07 bits per heavy atom. The average molecular weight is 419 g/mol. The fourth-order valence-corrected chi connectivity index (χ4v) is 2.98. The van der Waals surface area contributed by atoms with E-state index in [-0.39, 0.29) is 30.7 Å². The molecule has 0 aliphatic rings. The number of ether oxygens (including phenoxy) is 1. The molecule has 0 saturated carbocycles. The molecule has 0 heterocycles. The van der Waals surface area contributed by atoms with Gasteiger partial charge in [-0.25, -0.2) is 4.79 Å². The van der Waals surface area contributed by atoms with E-state index in [9.17, 15) is 18.4 Å². The lowest BCUT2D eigenvalue weighted by Crippen LogP contribution is -2.39. The number of alkyl halides is 2. The molecule has 8 heteroatoms. The normalized spacial score (nSPS) is 11.6. The van der Waals surface area contributed by atoms with Crippen LogP contribution >= 0.6 is 0 Å². The Kier molecular flexibility index (Phi) is 9.05. The van der Waals surface area contributed by atoms with E-state index in [1.165, 1.54) is 11.0 Å². The van der Waals surface area contributed by atoms with Gasteiger partial charge in [-0.3, -0.25) is 4.79 Å². The van der Waals surface area contributed by atoms with Crippen LogP contribution in [0, 0.1) is 0 Å². The van der Waals surface area contributed by atoms with E-state index < -0.39 is 12.7 Å². The van der Waals surface area contributed by atoms with Crippen LogP contribution in [-0.4, -0.2) is 37.0 Å². The van der Waals surface area contributed by atoms with E-state index in [0.717, 1.165) is 5.56 Å². The summed E-state index contributed by atoms with van der Waals surface area (Å²) in [5.74, 6) is -0.254. The van der Waals surface area contributed by atoms with Gasteiger partial charge in [0.25, 0.3) is 0 Å². The quantitative estimate of drug-likeness (QED) is 0.610. The van der Waals surface area contributed by atoms with Crippen molar-refractivity contribution < 1.29 is 23.1 Å². The molecule has 3 amide bonds. The van der Waals surface area contributed by atoms with Crippen molar-refractivity contribution >= 4 is 11.9 Å². The number of carbonyl (C=O) groups is 2. The second-order valence-electron chi connectivity index (χ2n) is 6.77.